The molecule has 1 amide bonds. The number of hydrogen-bond donors (Lipinski definition) is 1. The first-order chi connectivity index (χ1) is 9.76. The monoisotopic (exact) mass is 269 g/mol. The molecule has 1 aliphatic heterocycles. The van der Waals surface area contributed by atoms with Crippen molar-refractivity contribution in [1.82, 2.24) is 5.32 Å². The van der Waals surface area contributed by atoms with Crippen LogP contribution in [0.2, 0.25) is 0 Å². The van der Waals surface area contributed by atoms with E-state index in [1.165, 1.54) is 0 Å². The third-order valence-corrected chi connectivity index (χ3v) is 4.15. The number of piperidine rings is 1. The van der Waals surface area contributed by atoms with Crippen LogP contribution in [0.15, 0.2) is 24.3 Å². The molecule has 1 saturated heterocycles. The lowest BCUT2D eigenvalue weighted by Crippen LogP contribution is -2.41. The summed E-state index contributed by atoms with van der Waals surface area (Å²) >= 11 is 0. The van der Waals surface area contributed by atoms with Crippen molar-refractivity contribution in [2.45, 2.75) is 31.7 Å². The molecule has 0 unspecified atom stereocenters. The molecule has 0 atom stereocenters. The fourth-order valence-electron chi connectivity index (χ4n) is 2.69. The van der Waals surface area contributed by atoms with Crippen molar-refractivity contribution in [3.63, 3.8) is 0 Å². The topological polar surface area (TPSA) is 56.1 Å². The van der Waals surface area contributed by atoms with Gasteiger partial charge < -0.3 is 10.2 Å². The van der Waals surface area contributed by atoms with Gasteiger partial charge in [0.15, 0.2) is 0 Å². The Hall–Kier alpha value is -2.02. The third-order valence-electron chi connectivity index (χ3n) is 4.15. The smallest absolute Gasteiger partial charge is 0.223 e. The minimum atomic E-state index is 0.172. The summed E-state index contributed by atoms with van der Waals surface area (Å²) in [6.45, 7) is 1.82. The van der Waals surface area contributed by atoms with E-state index in [0.717, 1.165) is 44.5 Å². The number of carbonyl (C=O) groups is 1. The summed E-state index contributed by atoms with van der Waals surface area (Å²) in [7, 11) is 0. The van der Waals surface area contributed by atoms with Crippen LogP contribution in [0, 0.1) is 17.2 Å². The Morgan fingerprint density at radius 3 is 2.35 bits per heavy atom. The molecule has 0 radical (unpaired) electrons. The highest BCUT2D eigenvalue weighted by Gasteiger charge is 2.29. The summed E-state index contributed by atoms with van der Waals surface area (Å²) in [5.74, 6) is 0.414. The second kappa shape index (κ2) is 5.54. The number of nitrogens with one attached hydrogen (secondary N) is 1. The first kappa shape index (κ1) is 13.0. The Morgan fingerprint density at radius 1 is 1.15 bits per heavy atom. The maximum atomic E-state index is 12.0. The van der Waals surface area contributed by atoms with Crippen molar-refractivity contribution < 1.29 is 4.79 Å². The van der Waals surface area contributed by atoms with E-state index in [1.54, 1.807) is 0 Å². The Bertz CT molecular complexity index is 520. The molecule has 3 rings (SSSR count). The molecule has 20 heavy (non-hydrogen) atoms. The number of amides is 1. The number of benzene rings is 1. The van der Waals surface area contributed by atoms with E-state index in [1.807, 2.05) is 24.3 Å². The van der Waals surface area contributed by atoms with Gasteiger partial charge in [0, 0.05) is 30.7 Å². The number of carbonyl (C=O) groups excluding carboxylic acids is 1. The Morgan fingerprint density at radius 2 is 1.80 bits per heavy atom. The van der Waals surface area contributed by atoms with Crippen LogP contribution in [0.5, 0.6) is 0 Å². The Balaban J connectivity index is 1.54. The molecule has 2 fully saturated rings. The molecule has 4 heteroatoms. The zero-order chi connectivity index (χ0) is 13.9. The molecule has 0 aromatic heterocycles. The van der Waals surface area contributed by atoms with Gasteiger partial charge in [0.25, 0.3) is 0 Å². The number of hydrogen-bond acceptors (Lipinski definition) is 3. The SMILES string of the molecule is N#Cc1ccc(N2CCC(C(=O)NC3CC3)CC2)cc1. The second-order valence-corrected chi connectivity index (χ2v) is 5.70. The fraction of sp³-hybridized carbons (Fsp3) is 0.500. The summed E-state index contributed by atoms with van der Waals surface area (Å²) < 4.78 is 0. The van der Waals surface area contributed by atoms with Crippen molar-refractivity contribution >= 4 is 11.6 Å². The molecule has 0 spiro atoms. The molecule has 4 nitrogen and oxygen atoms in total. The second-order valence-electron chi connectivity index (χ2n) is 5.70. The number of rotatable bonds is 3. The maximum Gasteiger partial charge on any atom is 0.223 e. The zero-order valence-electron chi connectivity index (χ0n) is 11.5. The molecule has 1 heterocycles. The molecule has 1 aromatic carbocycles. The van der Waals surface area contributed by atoms with Gasteiger partial charge >= 0.3 is 0 Å². The summed E-state index contributed by atoms with van der Waals surface area (Å²) in [4.78, 5) is 14.3. The van der Waals surface area contributed by atoms with Crippen LogP contribution in [-0.2, 0) is 4.79 Å². The van der Waals surface area contributed by atoms with Crippen molar-refractivity contribution in [1.29, 1.82) is 5.26 Å². The number of nitrogens with zero attached hydrogens (tertiary/aromatic N) is 2. The quantitative estimate of drug-likeness (QED) is 0.913. The fourth-order valence-corrected chi connectivity index (χ4v) is 2.69. The van der Waals surface area contributed by atoms with Gasteiger partial charge in [0.1, 0.15) is 0 Å². The standard InChI is InChI=1S/C16H19N3O/c17-11-12-1-5-15(6-2-12)19-9-7-13(8-10-19)16(20)18-14-3-4-14/h1-2,5-6,13-14H,3-4,7-10H2,(H,18,20). The molecular formula is C16H19N3O. The van der Waals surface area contributed by atoms with Crippen molar-refractivity contribution in [2.75, 3.05) is 18.0 Å². The van der Waals surface area contributed by atoms with Crippen LogP contribution in [0.4, 0.5) is 5.69 Å². The van der Waals surface area contributed by atoms with Gasteiger partial charge in [0.05, 0.1) is 11.6 Å². The lowest BCUT2D eigenvalue weighted by Gasteiger charge is -2.33. The lowest BCUT2D eigenvalue weighted by atomic mass is 9.95. The molecule has 1 aliphatic carbocycles. The average Bonchev–Trinajstić information content (AvgIpc) is 3.31. The number of nitriles is 1. The van der Waals surface area contributed by atoms with E-state index in [4.69, 9.17) is 5.26 Å². The molecule has 1 N–H and O–H groups in total. The third kappa shape index (κ3) is 2.93. The predicted molar refractivity (Wildman–Crippen MR) is 77.3 cm³/mol. The first-order valence-electron chi connectivity index (χ1n) is 7.32. The van der Waals surface area contributed by atoms with Crippen LogP contribution >= 0.6 is 0 Å². The van der Waals surface area contributed by atoms with Crippen molar-refractivity contribution in [3.8, 4) is 6.07 Å². The average molecular weight is 269 g/mol. The van der Waals surface area contributed by atoms with E-state index in [-0.39, 0.29) is 11.8 Å². The summed E-state index contributed by atoms with van der Waals surface area (Å²) in [6, 6.07) is 10.3. The van der Waals surface area contributed by atoms with Gasteiger partial charge in [-0.1, -0.05) is 0 Å². The minimum Gasteiger partial charge on any atom is -0.371 e. The first-order valence-corrected chi connectivity index (χ1v) is 7.32. The zero-order valence-corrected chi connectivity index (χ0v) is 11.5. The highest BCUT2D eigenvalue weighted by Crippen LogP contribution is 2.25. The lowest BCUT2D eigenvalue weighted by molar-refractivity contribution is -0.125. The largest absolute Gasteiger partial charge is 0.371 e. The Kier molecular flexibility index (Phi) is 3.60. The van der Waals surface area contributed by atoms with Crippen LogP contribution < -0.4 is 10.2 Å². The van der Waals surface area contributed by atoms with Crippen molar-refractivity contribution in [2.24, 2.45) is 5.92 Å². The normalized spacial score (nSPS) is 19.4. The van der Waals surface area contributed by atoms with Crippen LogP contribution in [0.3, 0.4) is 0 Å². The van der Waals surface area contributed by atoms with E-state index in [9.17, 15) is 4.79 Å². The molecule has 2 aliphatic rings. The predicted octanol–water partition coefficient (Wildman–Crippen LogP) is 2.05. The van der Waals surface area contributed by atoms with Crippen LogP contribution in [0.25, 0.3) is 0 Å². The summed E-state index contributed by atoms with van der Waals surface area (Å²) in [6.07, 6.45) is 4.13. The van der Waals surface area contributed by atoms with Crippen LogP contribution in [-0.4, -0.2) is 25.0 Å². The van der Waals surface area contributed by atoms with E-state index in [0.29, 0.717) is 11.6 Å². The van der Waals surface area contributed by atoms with Gasteiger partial charge in [0.2, 0.25) is 5.91 Å². The minimum absolute atomic E-state index is 0.172. The van der Waals surface area contributed by atoms with Crippen LogP contribution in [0.1, 0.15) is 31.2 Å². The molecule has 0 bridgehead atoms. The maximum absolute atomic E-state index is 12.0. The van der Waals surface area contributed by atoms with Gasteiger partial charge in [-0.2, -0.15) is 5.26 Å². The van der Waals surface area contributed by atoms with E-state index >= 15 is 0 Å². The van der Waals surface area contributed by atoms with Gasteiger partial charge in [-0.3, -0.25) is 4.79 Å². The Labute approximate surface area is 119 Å². The van der Waals surface area contributed by atoms with E-state index < -0.39 is 0 Å². The highest BCUT2D eigenvalue weighted by molar-refractivity contribution is 5.79. The van der Waals surface area contributed by atoms with Gasteiger partial charge in [-0.25, -0.2) is 0 Å². The molecule has 1 saturated carbocycles. The van der Waals surface area contributed by atoms with Gasteiger partial charge in [-0.15, -0.1) is 0 Å². The molecular weight excluding hydrogens is 250 g/mol. The number of anilines is 1. The molecule has 1 aromatic rings. The molecule has 104 valence electrons. The van der Waals surface area contributed by atoms with E-state index in [2.05, 4.69) is 16.3 Å². The van der Waals surface area contributed by atoms with Gasteiger partial charge in [-0.05, 0) is 49.9 Å². The highest BCUT2D eigenvalue weighted by atomic mass is 16.2. The van der Waals surface area contributed by atoms with Crippen molar-refractivity contribution in [3.05, 3.63) is 29.8 Å². The summed E-state index contributed by atoms with van der Waals surface area (Å²) in [5, 5.41) is 11.9. The summed E-state index contributed by atoms with van der Waals surface area (Å²) in [5.41, 5.74) is 1.83.